The molecule has 202 valence electrons. The zero-order chi connectivity index (χ0) is 28.1. The summed E-state index contributed by atoms with van der Waals surface area (Å²) in [6, 6.07) is 13.7. The van der Waals surface area contributed by atoms with Crippen molar-refractivity contribution >= 4 is 36.0 Å². The number of hydrogen-bond acceptors (Lipinski definition) is 9. The second-order valence-electron chi connectivity index (χ2n) is 8.47. The summed E-state index contributed by atoms with van der Waals surface area (Å²) in [6.07, 6.45) is 7.52. The number of carbonyl (C=O) groups is 1. The number of anilines is 1. The van der Waals surface area contributed by atoms with Crippen molar-refractivity contribution in [2.45, 2.75) is 5.72 Å². The van der Waals surface area contributed by atoms with Gasteiger partial charge in [0.05, 0.1) is 37.7 Å². The molecule has 3 aromatic rings. The number of nitrogens with one attached hydrogen (secondary N) is 2. The van der Waals surface area contributed by atoms with E-state index >= 15 is 0 Å². The number of hydrazone groups is 2. The minimum absolute atomic E-state index is 0.0468. The molecule has 0 saturated heterocycles. The van der Waals surface area contributed by atoms with Crippen LogP contribution in [0, 0.1) is 11.6 Å². The smallest absolute Gasteiger partial charge is 0.312 e. The fourth-order valence-electron chi connectivity index (χ4n) is 3.77. The van der Waals surface area contributed by atoms with Gasteiger partial charge in [0.1, 0.15) is 0 Å². The Bertz CT molecular complexity index is 1720. The Labute approximate surface area is 226 Å². The maximum atomic E-state index is 13.7. The van der Waals surface area contributed by atoms with Gasteiger partial charge in [-0.1, -0.05) is 12.1 Å². The third-order valence-electron chi connectivity index (χ3n) is 5.81. The Kier molecular flexibility index (Phi) is 7.31. The molecule has 2 N–H and O–H groups in total. The number of ether oxygens (including phenoxy) is 3. The van der Waals surface area contributed by atoms with Gasteiger partial charge in [-0.3, -0.25) is 10.2 Å². The molecule has 0 spiro atoms. The molecule has 40 heavy (non-hydrogen) atoms. The molecular formula is C28H22F2N6O4. The zero-order valence-electron chi connectivity index (χ0n) is 21.3. The number of amides is 1. The second-order valence-corrected chi connectivity index (χ2v) is 8.47. The van der Waals surface area contributed by atoms with Gasteiger partial charge in [0.25, 0.3) is 0 Å². The maximum Gasteiger partial charge on any atom is 0.312 e. The summed E-state index contributed by atoms with van der Waals surface area (Å²) in [5, 5.41) is 9.26. The minimum Gasteiger partial charge on any atom is -0.494 e. The van der Waals surface area contributed by atoms with Gasteiger partial charge in [0.15, 0.2) is 23.1 Å². The Balaban J connectivity index is 1.34. The Morgan fingerprint density at radius 2 is 1.57 bits per heavy atom. The van der Waals surface area contributed by atoms with Crippen molar-refractivity contribution in [2.24, 2.45) is 20.2 Å². The summed E-state index contributed by atoms with van der Waals surface area (Å²) >= 11 is 0. The minimum atomic E-state index is -1.77. The maximum absolute atomic E-state index is 13.7. The number of nitrogens with zero attached hydrogens (tertiary/aromatic N) is 4. The van der Waals surface area contributed by atoms with Crippen LogP contribution in [0.2, 0.25) is 0 Å². The van der Waals surface area contributed by atoms with Crippen LogP contribution in [0.5, 0.6) is 11.5 Å². The molecule has 2 aliphatic rings. The monoisotopic (exact) mass is 544 g/mol. The van der Waals surface area contributed by atoms with Crippen LogP contribution >= 0.6 is 0 Å². The van der Waals surface area contributed by atoms with Crippen molar-refractivity contribution in [1.82, 2.24) is 5.43 Å². The molecule has 5 rings (SSSR count). The summed E-state index contributed by atoms with van der Waals surface area (Å²) in [6.45, 7) is 0. The topological polar surface area (TPSA) is 118 Å². The van der Waals surface area contributed by atoms with E-state index < -0.39 is 23.3 Å². The number of halogens is 2. The highest BCUT2D eigenvalue weighted by Crippen LogP contribution is 2.22. The quantitative estimate of drug-likeness (QED) is 0.317. The van der Waals surface area contributed by atoms with Gasteiger partial charge in [0, 0.05) is 23.6 Å². The molecule has 10 nitrogen and oxygen atoms in total. The number of benzene rings is 3. The van der Waals surface area contributed by atoms with Crippen LogP contribution in [0.15, 0.2) is 87.1 Å². The normalized spacial score (nSPS) is 16.9. The highest BCUT2D eigenvalue weighted by Gasteiger charge is 2.42. The molecule has 0 aromatic heterocycles. The first-order valence-corrected chi connectivity index (χ1v) is 11.8. The molecule has 2 heterocycles. The van der Waals surface area contributed by atoms with Crippen LogP contribution in [0.4, 0.5) is 14.5 Å². The molecule has 1 amide bonds. The van der Waals surface area contributed by atoms with Crippen molar-refractivity contribution in [2.75, 3.05) is 19.6 Å². The van der Waals surface area contributed by atoms with Crippen molar-refractivity contribution in [3.8, 4) is 11.5 Å². The molecule has 12 heteroatoms. The van der Waals surface area contributed by atoms with Gasteiger partial charge in [0.2, 0.25) is 5.90 Å². The molecule has 2 aliphatic heterocycles. The van der Waals surface area contributed by atoms with E-state index in [2.05, 4.69) is 31.0 Å². The van der Waals surface area contributed by atoms with E-state index in [1.165, 1.54) is 63.2 Å². The molecule has 1 atom stereocenters. The van der Waals surface area contributed by atoms with Gasteiger partial charge >= 0.3 is 11.6 Å². The molecule has 0 saturated carbocycles. The molecular weight excluding hydrogens is 522 g/mol. The van der Waals surface area contributed by atoms with Gasteiger partial charge in [-0.05, 0) is 53.6 Å². The highest BCUT2D eigenvalue weighted by atomic mass is 19.1. The first kappa shape index (κ1) is 26.2. The Hall–Kier alpha value is -5.39. The van der Waals surface area contributed by atoms with Crippen molar-refractivity contribution < 1.29 is 27.8 Å². The standard InChI is InChI=1S/C28H22F2N6O4/c1-38-24-11-17(3-6-21(24)29)15-32-35-20-5-8-23-19(13-20)14-28(34-23,40-26-9-10-31-26)27(37)36-33-16-18-4-7-22(30)25(12-18)39-2/h3-16,35H,1-2H3,(H,36,37). The first-order chi connectivity index (χ1) is 19.4. The van der Waals surface area contributed by atoms with Crippen molar-refractivity contribution in [3.63, 3.8) is 0 Å². The number of aliphatic imine (C=N–C) groups is 1. The fraction of sp³-hybridized carbons (Fsp3) is 0.107. The lowest BCUT2D eigenvalue weighted by Crippen LogP contribution is -2.45. The first-order valence-electron chi connectivity index (χ1n) is 11.8. The lowest BCUT2D eigenvalue weighted by Gasteiger charge is -2.24. The average molecular weight is 545 g/mol. The average Bonchev–Trinajstić information content (AvgIpc) is 3.31. The summed E-state index contributed by atoms with van der Waals surface area (Å²) < 4.78 is 43.1. The third kappa shape index (κ3) is 5.55. The van der Waals surface area contributed by atoms with Gasteiger partial charge < -0.3 is 14.2 Å². The van der Waals surface area contributed by atoms with E-state index in [4.69, 9.17) is 14.2 Å². The van der Waals surface area contributed by atoms with Gasteiger partial charge in [-0.2, -0.15) is 10.2 Å². The van der Waals surface area contributed by atoms with Crippen molar-refractivity contribution in [1.29, 1.82) is 0 Å². The van der Waals surface area contributed by atoms with E-state index in [0.29, 0.717) is 27.4 Å². The van der Waals surface area contributed by atoms with E-state index in [0.717, 1.165) is 0 Å². The van der Waals surface area contributed by atoms with Crippen LogP contribution in [0.3, 0.4) is 0 Å². The Morgan fingerprint density at radius 1 is 0.925 bits per heavy atom. The van der Waals surface area contributed by atoms with Crippen LogP contribution in [-0.4, -0.2) is 44.2 Å². The second kappa shape index (κ2) is 11.2. The fourth-order valence-corrected chi connectivity index (χ4v) is 3.77. The third-order valence-corrected chi connectivity index (χ3v) is 5.81. The predicted molar refractivity (Wildman–Crippen MR) is 145 cm³/mol. The largest absolute Gasteiger partial charge is 0.494 e. The molecule has 1 unspecified atom stereocenters. The number of carbonyl (C=O) groups excluding carboxylic acids is 1. The molecule has 0 bridgehead atoms. The summed E-state index contributed by atoms with van der Waals surface area (Å²) in [4.78, 5) is 21.7. The lowest BCUT2D eigenvalue weighted by molar-refractivity contribution is -0.132. The summed E-state index contributed by atoms with van der Waals surface area (Å²) in [5.74, 6) is -1.27. The highest BCUT2D eigenvalue weighted by molar-refractivity contribution is 5.99. The lowest BCUT2D eigenvalue weighted by atomic mass is 10.2. The van der Waals surface area contributed by atoms with Crippen molar-refractivity contribution in [3.05, 3.63) is 100 Å². The summed E-state index contributed by atoms with van der Waals surface area (Å²) in [7, 11) is 2.74. The molecule has 0 fully saturated rings. The number of methoxy groups -OCH3 is 2. The van der Waals surface area contributed by atoms with Crippen LogP contribution in [0.1, 0.15) is 11.1 Å². The number of fused-ring (bicyclic) bond motifs is 1. The van der Waals surface area contributed by atoms with Gasteiger partial charge in [-0.25, -0.2) is 24.2 Å². The molecule has 0 aliphatic carbocycles. The van der Waals surface area contributed by atoms with E-state index in [1.54, 1.807) is 36.4 Å². The van der Waals surface area contributed by atoms with Crippen LogP contribution in [0.25, 0.3) is 6.08 Å². The van der Waals surface area contributed by atoms with Crippen LogP contribution in [-0.2, 0) is 9.53 Å². The Morgan fingerprint density at radius 3 is 2.17 bits per heavy atom. The zero-order valence-corrected chi connectivity index (χ0v) is 21.3. The van der Waals surface area contributed by atoms with Crippen LogP contribution < -0.4 is 30.9 Å². The number of rotatable bonds is 9. The summed E-state index contributed by atoms with van der Waals surface area (Å²) in [5.41, 5.74) is 5.30. The van der Waals surface area contributed by atoms with Gasteiger partial charge in [-0.15, -0.1) is 0 Å². The van der Waals surface area contributed by atoms with E-state index in [-0.39, 0.29) is 17.4 Å². The number of hydrogen-bond donors (Lipinski definition) is 2. The molecule has 0 radical (unpaired) electrons. The van der Waals surface area contributed by atoms with E-state index in [1.807, 2.05) is 0 Å². The van der Waals surface area contributed by atoms with E-state index in [9.17, 15) is 13.6 Å². The SMILES string of the molecule is COc1cc(C=NNC(=O)C2(OC3=NC=C3)C=c3cc(NN=Cc4ccc(F)c(OC)c4)ccc3=N2)ccc1F. The predicted octanol–water partition coefficient (Wildman–Crippen LogP) is 2.63. The molecule has 3 aromatic carbocycles.